The first-order valence-electron chi connectivity index (χ1n) is 6.09. The maximum Gasteiger partial charge on any atom is 0.422 e. The number of H-pyrrole nitrogens is 1. The molecule has 0 aliphatic carbocycles. The molecule has 0 spiro atoms. The molecule has 0 saturated carbocycles. The molecule has 2 aromatic carbocycles. The third kappa shape index (κ3) is 2.43. The van der Waals surface area contributed by atoms with Crippen LogP contribution in [0.4, 0.5) is 0 Å². The number of carbonyl (C=O) groups excluding carboxylic acids is 2. The molecule has 0 radical (unpaired) electrons. The second-order valence-electron chi connectivity index (χ2n) is 4.40. The molecular weight excluding hydrogens is 294 g/mol. The van der Waals surface area contributed by atoms with Gasteiger partial charge in [0.05, 0.1) is 12.6 Å². The fourth-order valence-corrected chi connectivity index (χ4v) is 2.32. The van der Waals surface area contributed by atoms with E-state index < -0.39 is 11.9 Å². The highest BCUT2D eigenvalue weighted by atomic mass is 35.5. The van der Waals surface area contributed by atoms with Crippen LogP contribution in [0.1, 0.15) is 0 Å². The van der Waals surface area contributed by atoms with Crippen molar-refractivity contribution in [2.45, 2.75) is 0 Å². The molecule has 0 saturated heterocycles. The van der Waals surface area contributed by atoms with E-state index >= 15 is 0 Å². The molecule has 0 aliphatic rings. The molecule has 0 fully saturated rings. The van der Waals surface area contributed by atoms with Crippen LogP contribution in [0.2, 0.25) is 5.02 Å². The third-order valence-electron chi connectivity index (χ3n) is 3.09. The first-order chi connectivity index (χ1) is 10.1. The Morgan fingerprint density at radius 3 is 2.57 bits per heavy atom. The normalized spacial score (nSPS) is 10.8. The second-order valence-corrected chi connectivity index (χ2v) is 4.84. The van der Waals surface area contributed by atoms with Crippen molar-refractivity contribution in [2.24, 2.45) is 0 Å². The number of esters is 2. The summed E-state index contributed by atoms with van der Waals surface area (Å²) in [6, 6.07) is 10.6. The number of aromatic amines is 1. The number of rotatable bonds is 1. The summed E-state index contributed by atoms with van der Waals surface area (Å²) in [5, 5.41) is 2.57. The Hall–Kier alpha value is -2.53. The van der Waals surface area contributed by atoms with Gasteiger partial charge < -0.3 is 14.5 Å². The summed E-state index contributed by atoms with van der Waals surface area (Å²) in [4.78, 5) is 25.6. The van der Waals surface area contributed by atoms with Gasteiger partial charge in [-0.1, -0.05) is 11.6 Å². The molecule has 1 heterocycles. The Morgan fingerprint density at radius 1 is 1.00 bits per heavy atom. The topological polar surface area (TPSA) is 68.4 Å². The lowest BCUT2D eigenvalue weighted by atomic mass is 10.1. The van der Waals surface area contributed by atoms with Gasteiger partial charge in [0.2, 0.25) is 0 Å². The predicted octanol–water partition coefficient (Wildman–Crippen LogP) is 3.05. The minimum atomic E-state index is -1.06. The van der Waals surface area contributed by atoms with Crippen LogP contribution in [0.3, 0.4) is 0 Å². The molecule has 106 valence electrons. The number of aromatic nitrogens is 1. The average Bonchev–Trinajstić information content (AvgIpc) is 2.83. The fourth-order valence-electron chi connectivity index (χ4n) is 2.15. The molecule has 1 N–H and O–H groups in total. The van der Waals surface area contributed by atoms with E-state index in [0.29, 0.717) is 5.02 Å². The van der Waals surface area contributed by atoms with Crippen molar-refractivity contribution in [2.75, 3.05) is 7.11 Å². The largest absolute Gasteiger partial charge is 0.461 e. The summed E-state index contributed by atoms with van der Waals surface area (Å²) in [5.74, 6) is -1.84. The maximum atomic E-state index is 11.4. The number of hydrogen-bond donors (Lipinski definition) is 1. The quantitative estimate of drug-likeness (QED) is 0.426. The number of benzene rings is 2. The van der Waals surface area contributed by atoms with Crippen molar-refractivity contribution >= 4 is 45.3 Å². The average molecular weight is 304 g/mol. The molecule has 0 bridgehead atoms. The van der Waals surface area contributed by atoms with Crippen molar-refractivity contribution in [1.29, 1.82) is 0 Å². The van der Waals surface area contributed by atoms with Crippen LogP contribution in [-0.2, 0) is 14.3 Å². The molecule has 0 amide bonds. The number of methoxy groups -OCH3 is 1. The van der Waals surface area contributed by atoms with Crippen LogP contribution in [-0.4, -0.2) is 24.0 Å². The smallest absolute Gasteiger partial charge is 0.422 e. The van der Waals surface area contributed by atoms with Crippen LogP contribution < -0.4 is 4.74 Å². The number of ether oxygens (including phenoxy) is 2. The number of carbonyl (C=O) groups is 2. The molecule has 0 unspecified atom stereocenters. The van der Waals surface area contributed by atoms with Gasteiger partial charge in [-0.2, -0.15) is 0 Å². The minimum Gasteiger partial charge on any atom is -0.461 e. The van der Waals surface area contributed by atoms with Gasteiger partial charge in [0.25, 0.3) is 0 Å². The summed E-state index contributed by atoms with van der Waals surface area (Å²) in [7, 11) is 1.12. The summed E-state index contributed by atoms with van der Waals surface area (Å²) < 4.78 is 9.23. The van der Waals surface area contributed by atoms with Crippen LogP contribution in [0.25, 0.3) is 21.8 Å². The molecule has 0 atom stereocenters. The Kier molecular flexibility index (Phi) is 3.27. The van der Waals surface area contributed by atoms with Gasteiger partial charge in [0.15, 0.2) is 0 Å². The lowest BCUT2D eigenvalue weighted by molar-refractivity contribution is -0.160. The standard InChI is InChI=1S/C15H10ClNO4/c1-20-14(18)15(19)21-9-3-4-10-11-6-8(16)2-5-12(11)17-13(10)7-9/h2-7,17H,1H3. The van der Waals surface area contributed by atoms with E-state index in [2.05, 4.69) is 9.72 Å². The molecule has 1 aromatic heterocycles. The van der Waals surface area contributed by atoms with E-state index in [1.807, 2.05) is 12.1 Å². The van der Waals surface area contributed by atoms with Crippen molar-refractivity contribution in [3.05, 3.63) is 41.4 Å². The van der Waals surface area contributed by atoms with Crippen molar-refractivity contribution in [3.8, 4) is 5.75 Å². The Bertz CT molecular complexity index is 869. The van der Waals surface area contributed by atoms with Gasteiger partial charge in [-0.25, -0.2) is 9.59 Å². The van der Waals surface area contributed by atoms with E-state index in [1.54, 1.807) is 24.3 Å². The van der Waals surface area contributed by atoms with Gasteiger partial charge in [0.1, 0.15) is 5.75 Å². The van der Waals surface area contributed by atoms with E-state index in [1.165, 1.54) is 0 Å². The van der Waals surface area contributed by atoms with Crippen LogP contribution in [0.15, 0.2) is 36.4 Å². The van der Waals surface area contributed by atoms with Crippen LogP contribution in [0.5, 0.6) is 5.75 Å². The monoisotopic (exact) mass is 303 g/mol. The number of nitrogens with one attached hydrogen (secondary N) is 1. The van der Waals surface area contributed by atoms with E-state index in [9.17, 15) is 9.59 Å². The lowest BCUT2D eigenvalue weighted by Gasteiger charge is -2.02. The van der Waals surface area contributed by atoms with Crippen molar-refractivity contribution < 1.29 is 19.1 Å². The van der Waals surface area contributed by atoms with Crippen molar-refractivity contribution in [3.63, 3.8) is 0 Å². The number of fused-ring (bicyclic) bond motifs is 3. The Balaban J connectivity index is 2.03. The number of hydrogen-bond acceptors (Lipinski definition) is 4. The minimum absolute atomic E-state index is 0.260. The summed E-state index contributed by atoms with van der Waals surface area (Å²) in [6.07, 6.45) is 0. The van der Waals surface area contributed by atoms with E-state index in [-0.39, 0.29) is 5.75 Å². The first kappa shape index (κ1) is 13.5. The van der Waals surface area contributed by atoms with Gasteiger partial charge >= 0.3 is 11.9 Å². The lowest BCUT2D eigenvalue weighted by Crippen LogP contribution is -2.21. The second kappa shape index (κ2) is 5.10. The number of halogens is 1. The third-order valence-corrected chi connectivity index (χ3v) is 3.33. The molecule has 0 aliphatic heterocycles. The zero-order valence-corrected chi connectivity index (χ0v) is 11.7. The first-order valence-corrected chi connectivity index (χ1v) is 6.47. The van der Waals surface area contributed by atoms with Gasteiger partial charge in [-0.15, -0.1) is 0 Å². The zero-order chi connectivity index (χ0) is 15.0. The zero-order valence-electron chi connectivity index (χ0n) is 11.0. The Labute approximate surface area is 124 Å². The molecule has 21 heavy (non-hydrogen) atoms. The fraction of sp³-hybridized carbons (Fsp3) is 0.0667. The SMILES string of the molecule is COC(=O)C(=O)Oc1ccc2c(c1)[nH]c1ccc(Cl)cc12. The van der Waals surface area contributed by atoms with E-state index in [4.69, 9.17) is 16.3 Å². The molecular formula is C15H10ClNO4. The molecule has 6 heteroatoms. The van der Waals surface area contributed by atoms with Crippen LogP contribution in [0, 0.1) is 0 Å². The Morgan fingerprint density at radius 2 is 1.81 bits per heavy atom. The molecule has 5 nitrogen and oxygen atoms in total. The molecule has 3 aromatic rings. The van der Waals surface area contributed by atoms with Crippen molar-refractivity contribution in [1.82, 2.24) is 4.98 Å². The highest BCUT2D eigenvalue weighted by molar-refractivity contribution is 6.32. The van der Waals surface area contributed by atoms with Gasteiger partial charge in [-0.05, 0) is 30.3 Å². The predicted molar refractivity (Wildman–Crippen MR) is 78.5 cm³/mol. The molecule has 3 rings (SSSR count). The van der Waals surface area contributed by atoms with Gasteiger partial charge in [-0.3, -0.25) is 0 Å². The summed E-state index contributed by atoms with van der Waals surface area (Å²) in [5.41, 5.74) is 1.70. The highest BCUT2D eigenvalue weighted by Crippen LogP contribution is 2.30. The van der Waals surface area contributed by atoms with Crippen LogP contribution >= 0.6 is 11.6 Å². The van der Waals surface area contributed by atoms with Gasteiger partial charge in [0, 0.05) is 27.4 Å². The summed E-state index contributed by atoms with van der Waals surface area (Å²) in [6.45, 7) is 0. The van der Waals surface area contributed by atoms with E-state index in [0.717, 1.165) is 28.9 Å². The highest BCUT2D eigenvalue weighted by Gasteiger charge is 2.17. The maximum absolute atomic E-state index is 11.4. The summed E-state index contributed by atoms with van der Waals surface area (Å²) >= 11 is 5.99.